The predicted octanol–water partition coefficient (Wildman–Crippen LogP) is 3.85. The molecular formula is C26H38FN3O3. The van der Waals surface area contributed by atoms with Gasteiger partial charge in [-0.25, -0.2) is 4.39 Å². The van der Waals surface area contributed by atoms with Crippen molar-refractivity contribution >= 4 is 17.5 Å². The number of nitrogens with zero attached hydrogens (tertiary/aromatic N) is 2. The van der Waals surface area contributed by atoms with Crippen LogP contribution < -0.4 is 5.32 Å². The van der Waals surface area contributed by atoms with E-state index in [1.165, 1.54) is 6.07 Å². The second-order valence-corrected chi connectivity index (χ2v) is 10.3. The van der Waals surface area contributed by atoms with Crippen molar-refractivity contribution in [1.29, 1.82) is 0 Å². The van der Waals surface area contributed by atoms with Crippen LogP contribution in [0.4, 0.5) is 10.1 Å². The van der Waals surface area contributed by atoms with Gasteiger partial charge in [-0.2, -0.15) is 0 Å². The zero-order valence-corrected chi connectivity index (χ0v) is 20.0. The SMILES string of the molecule is Cc1c(CN2CCN(C(=O)C3CCCC3)[C@@H](C)C2)cc(F)cc1NC(=O)C[C@@H]1CCC[C@H]1O. The van der Waals surface area contributed by atoms with Gasteiger partial charge in [-0.05, 0) is 68.7 Å². The van der Waals surface area contributed by atoms with Gasteiger partial charge < -0.3 is 15.3 Å². The lowest BCUT2D eigenvalue weighted by Crippen LogP contribution is -2.54. The Morgan fingerprint density at radius 2 is 1.88 bits per heavy atom. The van der Waals surface area contributed by atoms with Crippen molar-refractivity contribution in [2.75, 3.05) is 25.0 Å². The van der Waals surface area contributed by atoms with Crippen LogP contribution in [0.2, 0.25) is 0 Å². The van der Waals surface area contributed by atoms with Gasteiger partial charge >= 0.3 is 0 Å². The van der Waals surface area contributed by atoms with Crippen molar-refractivity contribution in [2.45, 2.75) is 83.9 Å². The summed E-state index contributed by atoms with van der Waals surface area (Å²) < 4.78 is 14.4. The number of nitrogens with one attached hydrogen (secondary N) is 1. The second-order valence-electron chi connectivity index (χ2n) is 10.3. The lowest BCUT2D eigenvalue weighted by Gasteiger charge is -2.41. The Balaban J connectivity index is 1.36. The van der Waals surface area contributed by atoms with E-state index >= 15 is 0 Å². The van der Waals surface area contributed by atoms with Gasteiger partial charge in [0.2, 0.25) is 11.8 Å². The van der Waals surface area contributed by atoms with Crippen LogP contribution in [0.25, 0.3) is 0 Å². The van der Waals surface area contributed by atoms with Gasteiger partial charge in [0.15, 0.2) is 0 Å². The average molecular weight is 460 g/mol. The fourth-order valence-electron chi connectivity index (χ4n) is 5.88. The quantitative estimate of drug-likeness (QED) is 0.678. The second kappa shape index (κ2) is 10.5. The highest BCUT2D eigenvalue weighted by molar-refractivity contribution is 5.91. The van der Waals surface area contributed by atoms with Crippen LogP contribution in [0.5, 0.6) is 0 Å². The first-order valence-electron chi connectivity index (χ1n) is 12.6. The summed E-state index contributed by atoms with van der Waals surface area (Å²) in [7, 11) is 0. The molecule has 4 rings (SSSR count). The molecule has 0 aromatic heterocycles. The summed E-state index contributed by atoms with van der Waals surface area (Å²) in [6.45, 7) is 6.83. The van der Waals surface area contributed by atoms with Gasteiger partial charge in [0.05, 0.1) is 6.10 Å². The number of aliphatic hydroxyl groups excluding tert-OH is 1. The van der Waals surface area contributed by atoms with Crippen LogP contribution in [-0.4, -0.2) is 58.5 Å². The largest absolute Gasteiger partial charge is 0.393 e. The number of piperazine rings is 1. The summed E-state index contributed by atoms with van der Waals surface area (Å²) in [5, 5.41) is 12.9. The van der Waals surface area contributed by atoms with E-state index in [2.05, 4.69) is 17.1 Å². The number of hydrogen-bond donors (Lipinski definition) is 2. The number of rotatable bonds is 6. The van der Waals surface area contributed by atoms with Crippen molar-refractivity contribution < 1.29 is 19.1 Å². The number of carbonyl (C=O) groups is 2. The molecule has 0 bridgehead atoms. The Hall–Kier alpha value is -1.99. The van der Waals surface area contributed by atoms with Gasteiger partial charge in [-0.1, -0.05) is 19.3 Å². The molecule has 1 aliphatic heterocycles. The van der Waals surface area contributed by atoms with Crippen LogP contribution in [0.1, 0.15) is 69.4 Å². The van der Waals surface area contributed by atoms with Gasteiger partial charge in [0, 0.05) is 50.2 Å². The van der Waals surface area contributed by atoms with Gasteiger partial charge in [0.1, 0.15) is 5.82 Å². The molecule has 33 heavy (non-hydrogen) atoms. The van der Waals surface area contributed by atoms with Crippen molar-refractivity contribution in [1.82, 2.24) is 9.80 Å². The number of halogens is 1. The third kappa shape index (κ3) is 5.75. The molecule has 1 aromatic carbocycles. The molecule has 6 nitrogen and oxygen atoms in total. The van der Waals surface area contributed by atoms with Crippen LogP contribution >= 0.6 is 0 Å². The minimum Gasteiger partial charge on any atom is -0.393 e. The standard InChI is InChI=1S/C26H38FN3O3/c1-17-15-29(10-11-30(17)26(33)19-6-3-4-7-19)16-21-12-22(27)14-23(18(21)2)28-25(32)13-20-8-5-9-24(20)31/h12,14,17,19-20,24,31H,3-11,13,15-16H2,1-2H3,(H,28,32)/t17-,20-,24+/m0/s1. The summed E-state index contributed by atoms with van der Waals surface area (Å²) in [6, 6.07) is 3.06. The highest BCUT2D eigenvalue weighted by atomic mass is 19.1. The molecule has 3 atom stereocenters. The Morgan fingerprint density at radius 3 is 2.55 bits per heavy atom. The molecule has 0 spiro atoms. The van der Waals surface area contributed by atoms with E-state index in [9.17, 15) is 19.1 Å². The lowest BCUT2D eigenvalue weighted by molar-refractivity contribution is -0.140. The number of hydrogen-bond acceptors (Lipinski definition) is 4. The molecule has 3 fully saturated rings. The maximum atomic E-state index is 14.4. The minimum atomic E-state index is -0.416. The fourth-order valence-corrected chi connectivity index (χ4v) is 5.88. The van der Waals surface area contributed by atoms with Gasteiger partial charge in [-0.3, -0.25) is 14.5 Å². The number of carbonyl (C=O) groups excluding carboxylic acids is 2. The van der Waals surface area contributed by atoms with E-state index in [4.69, 9.17) is 0 Å². The summed E-state index contributed by atoms with van der Waals surface area (Å²) in [5.74, 6) is -0.0498. The van der Waals surface area contributed by atoms with Crippen molar-refractivity contribution in [3.8, 4) is 0 Å². The number of amides is 2. The molecule has 2 aliphatic carbocycles. The first kappa shape index (κ1) is 24.1. The molecule has 182 valence electrons. The van der Waals surface area contributed by atoms with E-state index in [-0.39, 0.29) is 36.0 Å². The smallest absolute Gasteiger partial charge is 0.226 e. The Labute approximate surface area is 196 Å². The third-order valence-corrected chi connectivity index (χ3v) is 7.91. The zero-order valence-electron chi connectivity index (χ0n) is 20.0. The fraction of sp³-hybridized carbons (Fsp3) is 0.692. The van der Waals surface area contributed by atoms with Gasteiger partial charge in [-0.15, -0.1) is 0 Å². The van der Waals surface area contributed by atoms with E-state index in [1.54, 1.807) is 6.07 Å². The summed E-state index contributed by atoms with van der Waals surface area (Å²) >= 11 is 0. The van der Waals surface area contributed by atoms with Crippen LogP contribution in [0.3, 0.4) is 0 Å². The predicted molar refractivity (Wildman–Crippen MR) is 126 cm³/mol. The number of aliphatic hydroxyl groups is 1. The highest BCUT2D eigenvalue weighted by Gasteiger charge is 2.33. The maximum absolute atomic E-state index is 14.4. The highest BCUT2D eigenvalue weighted by Crippen LogP contribution is 2.30. The van der Waals surface area contributed by atoms with Gasteiger partial charge in [0.25, 0.3) is 0 Å². The van der Waals surface area contributed by atoms with Crippen molar-refractivity contribution in [2.24, 2.45) is 11.8 Å². The first-order valence-corrected chi connectivity index (χ1v) is 12.6. The molecule has 1 aromatic rings. The normalized spacial score (nSPS) is 26.7. The molecule has 3 aliphatic rings. The molecule has 2 saturated carbocycles. The molecular weight excluding hydrogens is 421 g/mol. The zero-order chi connectivity index (χ0) is 23.5. The Kier molecular flexibility index (Phi) is 7.69. The summed E-state index contributed by atoms with van der Waals surface area (Å²) in [6.07, 6.45) is 6.74. The topological polar surface area (TPSA) is 72.9 Å². The molecule has 0 unspecified atom stereocenters. The van der Waals surface area contributed by atoms with E-state index in [0.29, 0.717) is 24.7 Å². The van der Waals surface area contributed by atoms with Crippen LogP contribution in [0.15, 0.2) is 12.1 Å². The lowest BCUT2D eigenvalue weighted by atomic mass is 10.0. The van der Waals surface area contributed by atoms with Crippen LogP contribution in [-0.2, 0) is 16.1 Å². The first-order chi connectivity index (χ1) is 15.8. The Bertz CT molecular complexity index is 871. The van der Waals surface area contributed by atoms with E-state index < -0.39 is 6.10 Å². The monoisotopic (exact) mass is 459 g/mol. The molecule has 7 heteroatoms. The van der Waals surface area contributed by atoms with Crippen molar-refractivity contribution in [3.63, 3.8) is 0 Å². The molecule has 0 radical (unpaired) electrons. The molecule has 2 amide bonds. The molecule has 1 heterocycles. The number of benzene rings is 1. The molecule has 2 N–H and O–H groups in total. The Morgan fingerprint density at radius 1 is 1.12 bits per heavy atom. The van der Waals surface area contributed by atoms with Crippen LogP contribution in [0, 0.1) is 24.6 Å². The van der Waals surface area contributed by atoms with E-state index in [1.807, 2.05) is 11.8 Å². The minimum absolute atomic E-state index is 0.0111. The van der Waals surface area contributed by atoms with Crippen molar-refractivity contribution in [3.05, 3.63) is 29.1 Å². The third-order valence-electron chi connectivity index (χ3n) is 7.91. The average Bonchev–Trinajstić information content (AvgIpc) is 3.43. The summed E-state index contributed by atoms with van der Waals surface area (Å²) in [5.41, 5.74) is 2.23. The van der Waals surface area contributed by atoms with E-state index in [0.717, 1.165) is 69.2 Å². The summed E-state index contributed by atoms with van der Waals surface area (Å²) in [4.78, 5) is 29.7. The number of anilines is 1. The maximum Gasteiger partial charge on any atom is 0.226 e. The molecule has 1 saturated heterocycles.